The van der Waals surface area contributed by atoms with Gasteiger partial charge in [0, 0.05) is 67.2 Å². The molecule has 0 radical (unpaired) electrons. The zero-order chi connectivity index (χ0) is 49.4. The summed E-state index contributed by atoms with van der Waals surface area (Å²) in [6.07, 6.45) is 8.45. The molecule has 6 N–H and O–H groups in total. The Labute approximate surface area is 429 Å². The lowest BCUT2D eigenvalue weighted by atomic mass is 9.74. The number of amides is 2. The molecule has 0 aromatic heterocycles. The zero-order valence-corrected chi connectivity index (χ0v) is 42.2. The Morgan fingerprint density at radius 3 is 1.64 bits per heavy atom. The molecule has 376 valence electrons. The molecule has 2 unspecified atom stereocenters. The lowest BCUT2D eigenvalue weighted by molar-refractivity contribution is 0.0266. The molecule has 0 saturated carbocycles. The number of aliphatic imine (C=N–C) groups is 1. The Bertz CT molecular complexity index is 2490. The molecule has 4 saturated heterocycles. The summed E-state index contributed by atoms with van der Waals surface area (Å²) >= 11 is 23.2. The van der Waals surface area contributed by atoms with Crippen LogP contribution < -0.4 is 21.3 Å². The van der Waals surface area contributed by atoms with Crippen LogP contribution in [-0.2, 0) is 15.6 Å². The largest absolute Gasteiger partial charge is 0.392 e. The summed E-state index contributed by atoms with van der Waals surface area (Å²) in [4.78, 5) is 32.3. The molecular weight excluding hydrogens is 980 g/mol. The van der Waals surface area contributed by atoms with E-state index in [0.717, 1.165) is 133 Å². The number of fused-ring (bicyclic) bond motifs is 4. The highest BCUT2D eigenvalue weighted by Gasteiger charge is 2.43. The number of hydrogen-bond acceptors (Lipinski definition) is 10. The number of aliphatic hydroxyl groups excluding tert-OH is 2. The van der Waals surface area contributed by atoms with Crippen LogP contribution in [0, 0.1) is 23.5 Å². The molecule has 18 heteroatoms. The molecular formula is C52H62Cl4F2N8O4. The zero-order valence-electron chi connectivity index (χ0n) is 39.1. The first kappa shape index (κ1) is 52.3. The van der Waals surface area contributed by atoms with Crippen LogP contribution in [0.15, 0.2) is 77.8 Å². The van der Waals surface area contributed by atoms with E-state index < -0.39 is 6.10 Å². The first-order chi connectivity index (χ1) is 33.7. The number of hydrogen-bond donors (Lipinski definition) is 6. The van der Waals surface area contributed by atoms with Gasteiger partial charge in [0.05, 0.1) is 38.0 Å². The Hall–Kier alpha value is -4.05. The van der Waals surface area contributed by atoms with E-state index in [2.05, 4.69) is 36.1 Å². The van der Waals surface area contributed by atoms with Gasteiger partial charge in [0.2, 0.25) is 6.08 Å². The van der Waals surface area contributed by atoms with Crippen molar-refractivity contribution < 1.29 is 28.6 Å². The summed E-state index contributed by atoms with van der Waals surface area (Å²) in [7, 11) is 0. The van der Waals surface area contributed by atoms with Gasteiger partial charge < -0.3 is 46.2 Å². The second kappa shape index (κ2) is 23.7. The first-order valence-electron chi connectivity index (χ1n) is 24.4. The minimum atomic E-state index is -0.421. The third-order valence-corrected chi connectivity index (χ3v) is 16.9. The molecule has 12 nitrogen and oxygen atoms in total. The second-order valence-corrected chi connectivity index (χ2v) is 21.3. The predicted molar refractivity (Wildman–Crippen MR) is 276 cm³/mol. The van der Waals surface area contributed by atoms with Gasteiger partial charge in [-0.05, 0) is 186 Å². The summed E-state index contributed by atoms with van der Waals surface area (Å²) in [6.45, 7) is 10.2. The van der Waals surface area contributed by atoms with E-state index in [1.807, 2.05) is 12.1 Å². The van der Waals surface area contributed by atoms with E-state index in [4.69, 9.17) is 46.4 Å². The molecule has 6 aliphatic rings. The molecule has 2 amide bonds. The maximum absolute atomic E-state index is 13.9. The Morgan fingerprint density at radius 2 is 1.16 bits per heavy atom. The Kier molecular flexibility index (Phi) is 17.7. The third kappa shape index (κ3) is 12.8. The number of nitrogens with zero attached hydrogens (tertiary/aromatic N) is 4. The van der Waals surface area contributed by atoms with Crippen molar-refractivity contribution in [3.05, 3.63) is 116 Å². The highest BCUT2D eigenvalue weighted by Crippen LogP contribution is 2.46. The topological polar surface area (TPSA) is 145 Å². The number of aliphatic hydroxyl groups is 2. The summed E-state index contributed by atoms with van der Waals surface area (Å²) in [5, 5.41) is 36.3. The third-order valence-electron chi connectivity index (χ3n) is 15.4. The highest BCUT2D eigenvalue weighted by molar-refractivity contribution is 6.42. The number of urea groups is 1. The van der Waals surface area contributed by atoms with Crippen molar-refractivity contribution in [1.29, 1.82) is 0 Å². The van der Waals surface area contributed by atoms with Gasteiger partial charge in [0.25, 0.3) is 0 Å². The summed E-state index contributed by atoms with van der Waals surface area (Å²) in [5.41, 5.74) is 5.53. The number of piperidine rings is 4. The van der Waals surface area contributed by atoms with Crippen molar-refractivity contribution in [2.24, 2.45) is 16.8 Å². The first-order valence-corrected chi connectivity index (χ1v) is 25.9. The van der Waals surface area contributed by atoms with E-state index in [0.29, 0.717) is 57.0 Å². The quantitative estimate of drug-likeness (QED) is 0.0751. The van der Waals surface area contributed by atoms with E-state index in [-0.39, 0.29) is 40.5 Å². The number of rotatable bonds is 8. The van der Waals surface area contributed by atoms with Crippen LogP contribution in [0.5, 0.6) is 0 Å². The fraction of sp³-hybridized carbons (Fsp3) is 0.500. The molecule has 2 atom stereocenters. The van der Waals surface area contributed by atoms with E-state index >= 15 is 0 Å². The van der Waals surface area contributed by atoms with Crippen molar-refractivity contribution in [3.8, 4) is 0 Å². The van der Waals surface area contributed by atoms with Crippen LogP contribution in [0.4, 0.5) is 36.3 Å². The number of halogens is 6. The summed E-state index contributed by atoms with van der Waals surface area (Å²) < 4.78 is 27.5. The number of carbonyl (C=O) groups is 1. The van der Waals surface area contributed by atoms with Gasteiger partial charge >= 0.3 is 6.03 Å². The number of anilines is 3. The summed E-state index contributed by atoms with van der Waals surface area (Å²) in [5.74, 6) is 0.287. The minimum Gasteiger partial charge on any atom is -0.392 e. The van der Waals surface area contributed by atoms with Gasteiger partial charge in [0.1, 0.15) is 11.6 Å². The van der Waals surface area contributed by atoms with Gasteiger partial charge in [0.15, 0.2) is 0 Å². The van der Waals surface area contributed by atoms with Crippen LogP contribution in [0.2, 0.25) is 20.1 Å². The van der Waals surface area contributed by atoms with E-state index in [1.165, 1.54) is 24.3 Å². The molecule has 4 aromatic rings. The number of benzene rings is 4. The second-order valence-electron chi connectivity index (χ2n) is 19.7. The maximum atomic E-state index is 13.9. The number of nitrogens with one attached hydrogen (secondary N) is 4. The van der Waals surface area contributed by atoms with Crippen molar-refractivity contribution in [1.82, 2.24) is 20.0 Å². The number of likely N-dealkylation sites (tertiary alicyclic amines) is 3. The smallest absolute Gasteiger partial charge is 0.321 e. The monoisotopic (exact) mass is 1040 g/mol. The van der Waals surface area contributed by atoms with Crippen LogP contribution in [0.3, 0.4) is 0 Å². The average Bonchev–Trinajstić information content (AvgIpc) is 3.89. The fourth-order valence-corrected chi connectivity index (χ4v) is 11.7. The SMILES string of the molecule is O=C(Nc1ccc(Cl)c(Cl)c1)N1CCC(C(O)CN2CCC3(CC2)CNc2ccc(F)cc23)CC1.O=C=Nc1ccc(Cl)c(Cl)c1.OC(CN1CCC2(CC1)CNc1ccc(F)cc12)C1CCNCC1. The molecule has 4 fully saturated rings. The molecule has 4 aromatic carbocycles. The fourth-order valence-electron chi connectivity index (χ4n) is 11.1. The Balaban J connectivity index is 0.000000162. The highest BCUT2D eigenvalue weighted by atomic mass is 35.5. The Morgan fingerprint density at radius 1 is 0.671 bits per heavy atom. The van der Waals surface area contributed by atoms with Crippen molar-refractivity contribution in [3.63, 3.8) is 0 Å². The number of isocyanates is 1. The van der Waals surface area contributed by atoms with Gasteiger partial charge in [-0.25, -0.2) is 18.4 Å². The normalized spacial score (nSPS) is 20.6. The lowest BCUT2D eigenvalue weighted by Gasteiger charge is -2.41. The van der Waals surface area contributed by atoms with Crippen molar-refractivity contribution in [2.75, 3.05) is 94.5 Å². The molecule has 6 heterocycles. The molecule has 6 aliphatic heterocycles. The van der Waals surface area contributed by atoms with Crippen LogP contribution >= 0.6 is 46.4 Å². The standard InChI is InChI=1S/C26H31Cl2FN4O2.C19H28FN3O.C7H3Cl2NO/c27-21-3-2-19(14-22(21)28)31-25(35)33-9-5-17(6-10-33)24(34)15-32-11-7-26(8-12-32)16-30-23-4-1-18(29)13-20(23)26;20-15-1-2-17-16(11-15)19(13-22-17)5-9-23(10-6-19)12-18(24)14-3-7-21-8-4-14;8-6-2-1-5(10-4-11)3-7(6)9/h1-4,13-14,17,24,30,34H,5-12,15-16H2,(H,31,35);1-2,11,14,18,21-22,24H,3-10,12-13H2;1-3H. The maximum Gasteiger partial charge on any atom is 0.321 e. The van der Waals surface area contributed by atoms with Crippen LogP contribution in [0.25, 0.3) is 0 Å². The van der Waals surface area contributed by atoms with Gasteiger partial charge in [-0.2, -0.15) is 4.99 Å². The average molecular weight is 1040 g/mol. The molecule has 0 aliphatic carbocycles. The lowest BCUT2D eigenvalue weighted by Crippen LogP contribution is -2.49. The molecule has 2 spiro atoms. The van der Waals surface area contributed by atoms with E-state index in [9.17, 15) is 28.6 Å². The van der Waals surface area contributed by atoms with Crippen molar-refractivity contribution >= 4 is 81.3 Å². The van der Waals surface area contributed by atoms with E-state index in [1.54, 1.807) is 47.4 Å². The summed E-state index contributed by atoms with van der Waals surface area (Å²) in [6, 6.07) is 19.7. The minimum absolute atomic E-state index is 0.00803. The van der Waals surface area contributed by atoms with Gasteiger partial charge in [-0.15, -0.1) is 0 Å². The number of β-amino-alcohol motifs (C(OH)–C–C–N with tert-alkyl or cyclic N) is 2. The number of carbonyl (C=O) groups excluding carboxylic acids is 2. The molecule has 0 bridgehead atoms. The predicted octanol–water partition coefficient (Wildman–Crippen LogP) is 10.1. The molecule has 70 heavy (non-hydrogen) atoms. The van der Waals surface area contributed by atoms with Crippen LogP contribution in [0.1, 0.15) is 62.5 Å². The van der Waals surface area contributed by atoms with Crippen LogP contribution in [-0.4, -0.2) is 128 Å². The van der Waals surface area contributed by atoms with Gasteiger partial charge in [-0.3, -0.25) is 0 Å². The van der Waals surface area contributed by atoms with Gasteiger partial charge in [-0.1, -0.05) is 46.4 Å². The molecule has 10 rings (SSSR count). The van der Waals surface area contributed by atoms with Crippen molar-refractivity contribution in [2.45, 2.75) is 74.4 Å².